The van der Waals surface area contributed by atoms with E-state index >= 15 is 0 Å². The number of aromatic nitrogens is 1. The maximum absolute atomic E-state index is 11.7. The van der Waals surface area contributed by atoms with Crippen LogP contribution in [0.1, 0.15) is 0 Å². The third kappa shape index (κ3) is 4.56. The molecule has 3 N–H and O–H groups in total. The second-order valence-corrected chi connectivity index (χ2v) is 7.01. The van der Waals surface area contributed by atoms with Crippen molar-refractivity contribution in [3.8, 4) is 0 Å². The van der Waals surface area contributed by atoms with Gasteiger partial charge in [0, 0.05) is 31.5 Å². The maximum Gasteiger partial charge on any atom is 0.245 e. The average molecular weight is 295 g/mol. The Morgan fingerprint density at radius 2 is 1.78 bits per heavy atom. The van der Waals surface area contributed by atoms with Crippen LogP contribution in [-0.4, -0.2) is 41.2 Å². The molecular formula is C8H13N3O5S2. The average Bonchev–Trinajstić information content (AvgIpc) is 2.24. The van der Waals surface area contributed by atoms with E-state index in [4.69, 9.17) is 0 Å². The van der Waals surface area contributed by atoms with Crippen LogP contribution >= 0.6 is 0 Å². The summed E-state index contributed by atoms with van der Waals surface area (Å²) in [5.74, 6) is 0. The molecule has 0 radical (unpaired) electrons. The molecule has 0 aliphatic heterocycles. The Morgan fingerprint density at radius 1 is 1.17 bits per heavy atom. The van der Waals surface area contributed by atoms with Crippen LogP contribution in [0.2, 0.25) is 0 Å². The zero-order chi connectivity index (χ0) is 13.8. The molecule has 0 atom stereocenters. The van der Waals surface area contributed by atoms with E-state index in [1.165, 1.54) is 6.20 Å². The van der Waals surface area contributed by atoms with Crippen LogP contribution in [0, 0.1) is 0 Å². The number of sulfonamides is 2. The van der Waals surface area contributed by atoms with Crippen molar-refractivity contribution < 1.29 is 16.8 Å². The van der Waals surface area contributed by atoms with E-state index in [1.807, 2.05) is 0 Å². The number of hydrogen-bond acceptors (Lipinski definition) is 5. The van der Waals surface area contributed by atoms with Crippen LogP contribution in [-0.2, 0) is 20.0 Å². The van der Waals surface area contributed by atoms with E-state index in [0.717, 1.165) is 18.5 Å². The molecule has 0 aromatic carbocycles. The molecule has 1 aromatic heterocycles. The largest absolute Gasteiger partial charge is 0.366 e. The van der Waals surface area contributed by atoms with Crippen LogP contribution in [0.3, 0.4) is 0 Å². The molecule has 0 saturated carbocycles. The first-order chi connectivity index (χ1) is 8.22. The van der Waals surface area contributed by atoms with Gasteiger partial charge in [-0.25, -0.2) is 26.3 Å². The number of pyridine rings is 1. The third-order valence-electron chi connectivity index (χ3n) is 1.86. The standard InChI is InChI=1S/C8H13N3O5S2/c1-17(13,14)10-4-5-11-18(15,16)8-6-9-3-2-7(8)12/h2-3,6,10-11H,4-5H2,1H3,(H,9,12). The summed E-state index contributed by atoms with van der Waals surface area (Å²) >= 11 is 0. The van der Waals surface area contributed by atoms with Gasteiger partial charge in [0.05, 0.1) is 6.26 Å². The Kier molecular flexibility index (Phi) is 4.62. The molecular weight excluding hydrogens is 282 g/mol. The predicted molar refractivity (Wildman–Crippen MR) is 65.1 cm³/mol. The lowest BCUT2D eigenvalue weighted by Gasteiger charge is -2.06. The van der Waals surface area contributed by atoms with Gasteiger partial charge in [0.25, 0.3) is 0 Å². The van der Waals surface area contributed by atoms with Gasteiger partial charge in [-0.2, -0.15) is 0 Å². The van der Waals surface area contributed by atoms with Gasteiger partial charge in [0.1, 0.15) is 4.90 Å². The number of aromatic amines is 1. The molecule has 0 spiro atoms. The lowest BCUT2D eigenvalue weighted by atomic mass is 10.5. The molecule has 1 heterocycles. The summed E-state index contributed by atoms with van der Waals surface area (Å²) in [5.41, 5.74) is -0.641. The molecule has 102 valence electrons. The first kappa shape index (κ1) is 14.8. The summed E-state index contributed by atoms with van der Waals surface area (Å²) in [6.07, 6.45) is 3.34. The second-order valence-electron chi connectivity index (χ2n) is 3.44. The zero-order valence-corrected chi connectivity index (χ0v) is 11.1. The highest BCUT2D eigenvalue weighted by Gasteiger charge is 2.16. The summed E-state index contributed by atoms with van der Waals surface area (Å²) < 4.78 is 49.0. The van der Waals surface area contributed by atoms with Crippen molar-refractivity contribution in [1.29, 1.82) is 0 Å². The van der Waals surface area contributed by atoms with Gasteiger partial charge in [-0.1, -0.05) is 0 Å². The van der Waals surface area contributed by atoms with E-state index < -0.39 is 30.4 Å². The maximum atomic E-state index is 11.7. The number of H-pyrrole nitrogens is 1. The fourth-order valence-corrected chi connectivity index (χ4v) is 2.67. The van der Waals surface area contributed by atoms with E-state index in [-0.39, 0.29) is 13.1 Å². The zero-order valence-electron chi connectivity index (χ0n) is 9.50. The highest BCUT2D eigenvalue weighted by atomic mass is 32.2. The van der Waals surface area contributed by atoms with Crippen LogP contribution in [0.5, 0.6) is 0 Å². The minimum Gasteiger partial charge on any atom is -0.366 e. The normalized spacial score (nSPS) is 12.5. The minimum absolute atomic E-state index is 0.0944. The SMILES string of the molecule is CS(=O)(=O)NCCNS(=O)(=O)c1c[nH]ccc1=O. The Bertz CT molecular complexity index is 662. The highest BCUT2D eigenvalue weighted by Crippen LogP contribution is 1.98. The van der Waals surface area contributed by atoms with Crippen molar-refractivity contribution in [2.45, 2.75) is 4.90 Å². The monoisotopic (exact) mass is 295 g/mol. The topological polar surface area (TPSA) is 125 Å². The van der Waals surface area contributed by atoms with Gasteiger partial charge in [0.15, 0.2) is 0 Å². The molecule has 0 bridgehead atoms. The summed E-state index contributed by atoms with van der Waals surface area (Å²) in [4.78, 5) is 13.4. The van der Waals surface area contributed by atoms with Gasteiger partial charge in [-0.15, -0.1) is 0 Å². The lowest BCUT2D eigenvalue weighted by Crippen LogP contribution is -2.35. The van der Waals surface area contributed by atoms with Gasteiger partial charge >= 0.3 is 0 Å². The van der Waals surface area contributed by atoms with Gasteiger partial charge < -0.3 is 4.98 Å². The first-order valence-corrected chi connectivity index (χ1v) is 8.21. The molecule has 0 saturated heterocycles. The fourth-order valence-electron chi connectivity index (χ4n) is 1.11. The summed E-state index contributed by atoms with van der Waals surface area (Å²) in [6.45, 7) is -0.244. The molecule has 0 amide bonds. The fraction of sp³-hybridized carbons (Fsp3) is 0.375. The number of nitrogens with one attached hydrogen (secondary N) is 3. The molecule has 0 fully saturated rings. The molecule has 0 unspecified atom stereocenters. The van der Waals surface area contributed by atoms with Crippen molar-refractivity contribution >= 4 is 20.0 Å². The molecule has 8 nitrogen and oxygen atoms in total. The Hall–Kier alpha value is -1.23. The van der Waals surface area contributed by atoms with Gasteiger partial charge in [-0.05, 0) is 0 Å². The first-order valence-electron chi connectivity index (χ1n) is 4.84. The second kappa shape index (κ2) is 5.61. The van der Waals surface area contributed by atoms with Crippen LogP contribution in [0.25, 0.3) is 0 Å². The summed E-state index contributed by atoms with van der Waals surface area (Å²) in [6, 6.07) is 1.09. The van der Waals surface area contributed by atoms with Gasteiger partial charge in [0.2, 0.25) is 25.5 Å². The quantitative estimate of drug-likeness (QED) is 0.534. The molecule has 0 aliphatic carbocycles. The minimum atomic E-state index is -3.94. The van der Waals surface area contributed by atoms with Crippen molar-refractivity contribution in [2.75, 3.05) is 19.3 Å². The van der Waals surface area contributed by atoms with E-state index in [1.54, 1.807) is 0 Å². The predicted octanol–water partition coefficient (Wildman–Crippen LogP) is -1.80. The number of rotatable bonds is 6. The lowest BCUT2D eigenvalue weighted by molar-refractivity contribution is 0.572. The smallest absolute Gasteiger partial charge is 0.245 e. The molecule has 1 rings (SSSR count). The third-order valence-corrected chi connectivity index (χ3v) is 4.07. The molecule has 18 heavy (non-hydrogen) atoms. The van der Waals surface area contributed by atoms with E-state index in [9.17, 15) is 21.6 Å². The van der Waals surface area contributed by atoms with Crippen molar-refractivity contribution in [3.05, 3.63) is 28.7 Å². The Labute approximate surface area is 105 Å². The Balaban J connectivity index is 2.68. The van der Waals surface area contributed by atoms with Crippen LogP contribution < -0.4 is 14.9 Å². The summed E-state index contributed by atoms with van der Waals surface area (Å²) in [5, 5.41) is 0. The van der Waals surface area contributed by atoms with Crippen molar-refractivity contribution in [1.82, 2.24) is 14.4 Å². The Morgan fingerprint density at radius 3 is 2.33 bits per heavy atom. The summed E-state index contributed by atoms with van der Waals surface area (Å²) in [7, 11) is -7.30. The highest BCUT2D eigenvalue weighted by molar-refractivity contribution is 7.89. The van der Waals surface area contributed by atoms with Crippen molar-refractivity contribution in [2.24, 2.45) is 0 Å². The van der Waals surface area contributed by atoms with E-state index in [2.05, 4.69) is 14.4 Å². The molecule has 10 heteroatoms. The van der Waals surface area contributed by atoms with Gasteiger partial charge in [-0.3, -0.25) is 4.79 Å². The number of hydrogen-bond donors (Lipinski definition) is 3. The molecule has 0 aliphatic rings. The van der Waals surface area contributed by atoms with Crippen molar-refractivity contribution in [3.63, 3.8) is 0 Å². The van der Waals surface area contributed by atoms with Crippen LogP contribution in [0.15, 0.2) is 28.2 Å². The van der Waals surface area contributed by atoms with E-state index in [0.29, 0.717) is 0 Å². The molecule has 1 aromatic rings. The van der Waals surface area contributed by atoms with Crippen LogP contribution in [0.4, 0.5) is 0 Å².